The Balaban J connectivity index is 1.36. The van der Waals surface area contributed by atoms with E-state index in [0.717, 1.165) is 42.0 Å². The number of hydrogen-bond donors (Lipinski definition) is 2. The Kier molecular flexibility index (Phi) is 7.79. The average Bonchev–Trinajstić information content (AvgIpc) is 3.27. The van der Waals surface area contributed by atoms with Gasteiger partial charge in [0.15, 0.2) is 0 Å². The predicted molar refractivity (Wildman–Crippen MR) is 148 cm³/mol. The number of methoxy groups -OCH3 is 1. The maximum absolute atomic E-state index is 12.8. The van der Waals surface area contributed by atoms with Gasteiger partial charge in [0.05, 0.1) is 18.1 Å². The molecule has 1 saturated heterocycles. The second kappa shape index (κ2) is 11.6. The summed E-state index contributed by atoms with van der Waals surface area (Å²) in [6, 6.07) is 25.8. The molecular weight excluding hydrogens is 480 g/mol. The van der Waals surface area contributed by atoms with Gasteiger partial charge in [-0.1, -0.05) is 54.6 Å². The molecule has 38 heavy (non-hydrogen) atoms. The van der Waals surface area contributed by atoms with E-state index in [1.165, 1.54) is 5.56 Å². The maximum atomic E-state index is 12.8. The monoisotopic (exact) mass is 514 g/mol. The largest absolute Gasteiger partial charge is 0.497 e. The van der Waals surface area contributed by atoms with Crippen molar-refractivity contribution in [1.82, 2.24) is 19.4 Å². The number of nitrogens with one attached hydrogen (secondary N) is 1. The van der Waals surface area contributed by atoms with E-state index < -0.39 is 6.09 Å². The van der Waals surface area contributed by atoms with Crippen molar-refractivity contribution in [2.75, 3.05) is 20.2 Å². The molecule has 1 fully saturated rings. The molecule has 2 atom stereocenters. The molecular formula is C30H34N4O4. The second-order valence-corrected chi connectivity index (χ2v) is 9.96. The third kappa shape index (κ3) is 5.75. The first-order chi connectivity index (χ1) is 18.5. The smallest absolute Gasteiger partial charge is 0.407 e. The van der Waals surface area contributed by atoms with E-state index in [9.17, 15) is 14.7 Å². The van der Waals surface area contributed by atoms with Crippen LogP contribution in [0.5, 0.6) is 5.75 Å². The van der Waals surface area contributed by atoms with Crippen LogP contribution in [0.25, 0.3) is 11.0 Å². The first-order valence-electron chi connectivity index (χ1n) is 13.1. The molecule has 3 aromatic carbocycles. The Hall–Kier alpha value is -4.04. The number of carboxylic acid groups (broad SMARTS) is 1. The van der Waals surface area contributed by atoms with E-state index in [1.807, 2.05) is 65.2 Å². The van der Waals surface area contributed by atoms with Crippen molar-refractivity contribution in [2.45, 2.75) is 44.4 Å². The molecule has 0 spiro atoms. The van der Waals surface area contributed by atoms with E-state index >= 15 is 0 Å². The molecule has 0 aliphatic carbocycles. The van der Waals surface area contributed by atoms with Gasteiger partial charge in [-0.05, 0) is 54.7 Å². The third-order valence-electron chi connectivity index (χ3n) is 7.49. The summed E-state index contributed by atoms with van der Waals surface area (Å²) < 4.78 is 7.24. The van der Waals surface area contributed by atoms with Gasteiger partial charge in [-0.3, -0.25) is 9.47 Å². The SMILES string of the molecule is COc1cccc(CN(CCC2CC(n3c(=O)[nH]c4ccccc43)CCN2C(=O)O)Cc2ccccc2)c1. The quantitative estimate of drug-likeness (QED) is 0.324. The number of amides is 1. The highest BCUT2D eigenvalue weighted by Gasteiger charge is 2.33. The van der Waals surface area contributed by atoms with Crippen molar-refractivity contribution in [3.8, 4) is 5.75 Å². The van der Waals surface area contributed by atoms with Crippen LogP contribution in [0.15, 0.2) is 83.7 Å². The second-order valence-electron chi connectivity index (χ2n) is 9.96. The van der Waals surface area contributed by atoms with Crippen molar-refractivity contribution in [3.05, 3.63) is 100 Å². The van der Waals surface area contributed by atoms with Crippen LogP contribution < -0.4 is 10.4 Å². The summed E-state index contributed by atoms with van der Waals surface area (Å²) in [5.74, 6) is 0.818. The Labute approximate surface area is 222 Å². The Bertz CT molecular complexity index is 1430. The van der Waals surface area contributed by atoms with Gasteiger partial charge in [0, 0.05) is 38.3 Å². The fourth-order valence-corrected chi connectivity index (χ4v) is 5.64. The highest BCUT2D eigenvalue weighted by atomic mass is 16.5. The molecule has 1 aliphatic rings. The number of ether oxygens (including phenoxy) is 1. The van der Waals surface area contributed by atoms with Crippen LogP contribution in [0, 0.1) is 0 Å². The first-order valence-corrected chi connectivity index (χ1v) is 13.1. The van der Waals surface area contributed by atoms with Crippen LogP contribution >= 0.6 is 0 Å². The Morgan fingerprint density at radius 2 is 1.76 bits per heavy atom. The average molecular weight is 515 g/mol. The summed E-state index contributed by atoms with van der Waals surface area (Å²) >= 11 is 0. The predicted octanol–water partition coefficient (Wildman–Crippen LogP) is 5.11. The zero-order valence-electron chi connectivity index (χ0n) is 21.6. The number of para-hydroxylation sites is 2. The number of likely N-dealkylation sites (tertiary alicyclic amines) is 1. The number of imidazole rings is 1. The fraction of sp³-hybridized carbons (Fsp3) is 0.333. The summed E-state index contributed by atoms with van der Waals surface area (Å²) in [6.07, 6.45) is 0.993. The van der Waals surface area contributed by atoms with Gasteiger partial charge in [-0.15, -0.1) is 0 Å². The fourth-order valence-electron chi connectivity index (χ4n) is 5.64. The number of rotatable bonds is 9. The molecule has 8 heteroatoms. The summed E-state index contributed by atoms with van der Waals surface area (Å²) in [5, 5.41) is 9.97. The van der Waals surface area contributed by atoms with E-state index in [-0.39, 0.29) is 17.8 Å². The van der Waals surface area contributed by atoms with Gasteiger partial charge in [-0.25, -0.2) is 9.59 Å². The van der Waals surface area contributed by atoms with Crippen LogP contribution in [-0.4, -0.2) is 56.8 Å². The number of aromatic amines is 1. The number of fused-ring (bicyclic) bond motifs is 1. The lowest BCUT2D eigenvalue weighted by Crippen LogP contribution is -2.48. The van der Waals surface area contributed by atoms with Crippen molar-refractivity contribution in [2.24, 2.45) is 0 Å². The van der Waals surface area contributed by atoms with Gasteiger partial charge < -0.3 is 19.7 Å². The summed E-state index contributed by atoms with van der Waals surface area (Å²) in [6.45, 7) is 2.60. The van der Waals surface area contributed by atoms with Crippen molar-refractivity contribution >= 4 is 17.1 Å². The number of H-pyrrole nitrogens is 1. The summed E-state index contributed by atoms with van der Waals surface area (Å²) in [4.78, 5) is 31.9. The van der Waals surface area contributed by atoms with Crippen molar-refractivity contribution in [1.29, 1.82) is 0 Å². The molecule has 4 aromatic rings. The molecule has 0 saturated carbocycles. The zero-order valence-corrected chi connectivity index (χ0v) is 21.6. The van der Waals surface area contributed by atoms with Gasteiger partial charge >= 0.3 is 11.8 Å². The van der Waals surface area contributed by atoms with Gasteiger partial charge in [-0.2, -0.15) is 0 Å². The highest BCUT2D eigenvalue weighted by molar-refractivity contribution is 5.75. The van der Waals surface area contributed by atoms with E-state index in [4.69, 9.17) is 4.74 Å². The molecule has 2 unspecified atom stereocenters. The number of aromatic nitrogens is 2. The maximum Gasteiger partial charge on any atom is 0.407 e. The molecule has 1 amide bonds. The number of hydrogen-bond acceptors (Lipinski definition) is 4. The molecule has 2 N–H and O–H groups in total. The van der Waals surface area contributed by atoms with Crippen molar-refractivity contribution < 1.29 is 14.6 Å². The lowest BCUT2D eigenvalue weighted by Gasteiger charge is -2.39. The van der Waals surface area contributed by atoms with Crippen LogP contribution in [0.4, 0.5) is 4.79 Å². The normalized spacial score (nSPS) is 17.7. The number of carbonyl (C=O) groups is 1. The zero-order chi connectivity index (χ0) is 26.5. The summed E-state index contributed by atoms with van der Waals surface area (Å²) in [7, 11) is 1.67. The Morgan fingerprint density at radius 3 is 2.55 bits per heavy atom. The first kappa shape index (κ1) is 25.6. The van der Waals surface area contributed by atoms with Gasteiger partial charge in [0.25, 0.3) is 0 Å². The lowest BCUT2D eigenvalue weighted by atomic mass is 9.94. The lowest BCUT2D eigenvalue weighted by molar-refractivity contribution is 0.0812. The number of piperidine rings is 1. The minimum absolute atomic E-state index is 0.0554. The number of benzene rings is 3. The molecule has 198 valence electrons. The molecule has 5 rings (SSSR count). The highest BCUT2D eigenvalue weighted by Crippen LogP contribution is 2.31. The van der Waals surface area contributed by atoms with Crippen LogP contribution in [0.3, 0.4) is 0 Å². The minimum atomic E-state index is -0.901. The van der Waals surface area contributed by atoms with E-state index in [0.29, 0.717) is 25.8 Å². The molecule has 1 aromatic heterocycles. The molecule has 8 nitrogen and oxygen atoms in total. The number of nitrogens with zero attached hydrogens (tertiary/aromatic N) is 3. The minimum Gasteiger partial charge on any atom is -0.497 e. The van der Waals surface area contributed by atoms with E-state index in [1.54, 1.807) is 12.0 Å². The third-order valence-corrected chi connectivity index (χ3v) is 7.49. The van der Waals surface area contributed by atoms with Gasteiger partial charge in [0.2, 0.25) is 0 Å². The molecule has 0 radical (unpaired) electrons. The molecule has 2 heterocycles. The van der Waals surface area contributed by atoms with Crippen LogP contribution in [0.2, 0.25) is 0 Å². The van der Waals surface area contributed by atoms with Crippen LogP contribution in [0.1, 0.15) is 36.4 Å². The van der Waals surface area contributed by atoms with Crippen molar-refractivity contribution in [3.63, 3.8) is 0 Å². The standard InChI is InChI=1S/C30H34N4O4/c1-38-26-11-7-10-23(18-26)21-32(20-22-8-3-2-4-9-22)16-14-24-19-25(15-17-33(24)30(36)37)34-28-13-6-5-12-27(28)31-29(34)35/h2-13,18,24-25H,14-17,19-21H2,1H3,(H,31,35)(H,36,37). The van der Waals surface area contributed by atoms with Gasteiger partial charge in [0.1, 0.15) is 5.75 Å². The van der Waals surface area contributed by atoms with E-state index in [2.05, 4.69) is 28.1 Å². The topological polar surface area (TPSA) is 90.8 Å². The Morgan fingerprint density at radius 1 is 1.03 bits per heavy atom. The molecule has 0 bridgehead atoms. The molecule has 1 aliphatic heterocycles. The summed E-state index contributed by atoms with van der Waals surface area (Å²) in [5.41, 5.74) is 3.89. The van der Waals surface area contributed by atoms with Crippen LogP contribution in [-0.2, 0) is 13.1 Å².